The van der Waals surface area contributed by atoms with E-state index in [1.165, 1.54) is 30.2 Å². The van der Waals surface area contributed by atoms with Crippen LogP contribution in [0.2, 0.25) is 0 Å². The summed E-state index contributed by atoms with van der Waals surface area (Å²) < 4.78 is 21.9. The van der Waals surface area contributed by atoms with Crippen LogP contribution in [0.15, 0.2) is 30.5 Å². The quantitative estimate of drug-likeness (QED) is 0.816. The van der Waals surface area contributed by atoms with Gasteiger partial charge < -0.3 is 4.74 Å². The fourth-order valence-electron chi connectivity index (χ4n) is 3.49. The lowest BCUT2D eigenvalue weighted by Gasteiger charge is -2.33. The van der Waals surface area contributed by atoms with E-state index < -0.39 is 0 Å². The molecule has 0 bridgehead atoms. The van der Waals surface area contributed by atoms with Gasteiger partial charge in [-0.15, -0.1) is 0 Å². The van der Waals surface area contributed by atoms with Crippen LogP contribution in [0.25, 0.3) is 0 Å². The molecule has 1 aromatic heterocycles. The summed E-state index contributed by atoms with van der Waals surface area (Å²) in [5, 5.41) is 4.42. The molecule has 0 saturated heterocycles. The molecule has 24 heavy (non-hydrogen) atoms. The number of ether oxygens (including phenoxy) is 1. The second-order valence-corrected chi connectivity index (χ2v) is 7.11. The van der Waals surface area contributed by atoms with Crippen LogP contribution in [0.4, 0.5) is 4.39 Å². The van der Waals surface area contributed by atoms with Gasteiger partial charge >= 0.3 is 0 Å². The van der Waals surface area contributed by atoms with E-state index in [0.29, 0.717) is 12.5 Å². The molecule has 4 rings (SSSR count). The Kier molecular flexibility index (Phi) is 4.37. The Bertz CT molecular complexity index is 710. The average molecular weight is 329 g/mol. The molecule has 2 aromatic rings. The summed E-state index contributed by atoms with van der Waals surface area (Å²) in [5.41, 5.74) is 3.26. The minimum atomic E-state index is -0.130. The van der Waals surface area contributed by atoms with Crippen molar-refractivity contribution in [3.05, 3.63) is 53.1 Å². The van der Waals surface area contributed by atoms with E-state index in [1.54, 1.807) is 6.07 Å². The highest BCUT2D eigenvalue weighted by Crippen LogP contribution is 2.32. The lowest BCUT2D eigenvalue weighted by molar-refractivity contribution is 0.0883. The summed E-state index contributed by atoms with van der Waals surface area (Å²) in [7, 11) is 1.98. The van der Waals surface area contributed by atoms with Crippen molar-refractivity contribution in [2.45, 2.75) is 31.8 Å². The molecule has 2 heterocycles. The van der Waals surface area contributed by atoms with Crippen molar-refractivity contribution in [3.8, 4) is 0 Å². The van der Waals surface area contributed by atoms with Crippen molar-refractivity contribution >= 4 is 0 Å². The molecule has 4 nitrogen and oxygen atoms in total. The first-order valence-electron chi connectivity index (χ1n) is 8.75. The van der Waals surface area contributed by atoms with Crippen molar-refractivity contribution in [1.29, 1.82) is 0 Å². The van der Waals surface area contributed by atoms with Gasteiger partial charge in [0.2, 0.25) is 0 Å². The van der Waals surface area contributed by atoms with Crippen LogP contribution in [-0.4, -0.2) is 34.4 Å². The zero-order valence-electron chi connectivity index (χ0n) is 14.1. The first-order valence-corrected chi connectivity index (χ1v) is 8.75. The molecule has 1 aliphatic heterocycles. The highest BCUT2D eigenvalue weighted by atomic mass is 19.1. The number of benzene rings is 1. The molecule has 2 aliphatic rings. The summed E-state index contributed by atoms with van der Waals surface area (Å²) in [6.07, 6.45) is 4.59. The molecular formula is C19H24FN3O. The molecule has 1 saturated carbocycles. The molecule has 1 aliphatic carbocycles. The van der Waals surface area contributed by atoms with Gasteiger partial charge in [0.05, 0.1) is 18.5 Å². The van der Waals surface area contributed by atoms with E-state index in [4.69, 9.17) is 4.74 Å². The Morgan fingerprint density at radius 2 is 2.08 bits per heavy atom. The van der Waals surface area contributed by atoms with Crippen molar-refractivity contribution in [3.63, 3.8) is 0 Å². The number of fused-ring (bicyclic) bond motifs is 1. The summed E-state index contributed by atoms with van der Waals surface area (Å²) in [5.74, 6) is 0.958. The third-order valence-electron chi connectivity index (χ3n) is 5.11. The van der Waals surface area contributed by atoms with Crippen molar-refractivity contribution in [1.82, 2.24) is 14.7 Å². The van der Waals surface area contributed by atoms with Crippen molar-refractivity contribution < 1.29 is 9.13 Å². The van der Waals surface area contributed by atoms with E-state index in [1.807, 2.05) is 30.1 Å². The number of aromatic nitrogens is 2. The Hall–Kier alpha value is -1.72. The molecule has 1 fully saturated rings. The van der Waals surface area contributed by atoms with E-state index in [-0.39, 0.29) is 5.82 Å². The molecule has 5 heteroatoms. The van der Waals surface area contributed by atoms with Crippen molar-refractivity contribution in [2.75, 3.05) is 19.8 Å². The SMILES string of the molecule is Cn1ncc2c1CN(Cc1ccccc1F)C[C@H]2COCC1CC1. The van der Waals surface area contributed by atoms with Gasteiger partial charge in [0.1, 0.15) is 5.82 Å². The Morgan fingerprint density at radius 3 is 2.88 bits per heavy atom. The number of hydrogen-bond acceptors (Lipinski definition) is 3. The van der Waals surface area contributed by atoms with Crippen LogP contribution in [0.1, 0.15) is 35.6 Å². The fourth-order valence-corrected chi connectivity index (χ4v) is 3.49. The first-order chi connectivity index (χ1) is 11.7. The van der Waals surface area contributed by atoms with E-state index in [9.17, 15) is 4.39 Å². The summed E-state index contributed by atoms with van der Waals surface area (Å²) in [6.45, 7) is 3.91. The number of hydrogen-bond donors (Lipinski definition) is 0. The van der Waals surface area contributed by atoms with Gasteiger partial charge in [-0.2, -0.15) is 5.10 Å². The van der Waals surface area contributed by atoms with Crippen molar-refractivity contribution in [2.24, 2.45) is 13.0 Å². The normalized spacial score (nSPS) is 21.0. The zero-order valence-corrected chi connectivity index (χ0v) is 14.1. The largest absolute Gasteiger partial charge is 0.380 e. The molecule has 1 atom stereocenters. The lowest BCUT2D eigenvalue weighted by atomic mass is 9.95. The monoisotopic (exact) mass is 329 g/mol. The van der Waals surface area contributed by atoms with Gasteiger partial charge in [-0.25, -0.2) is 4.39 Å². The second kappa shape index (κ2) is 6.65. The maximum absolute atomic E-state index is 14.0. The predicted octanol–water partition coefficient (Wildman–Crippen LogP) is 3.09. The minimum Gasteiger partial charge on any atom is -0.380 e. The number of rotatable bonds is 6. The molecule has 1 aromatic carbocycles. The topological polar surface area (TPSA) is 30.3 Å². The molecule has 128 valence electrons. The van der Waals surface area contributed by atoms with Crippen LogP contribution in [0.5, 0.6) is 0 Å². The number of halogens is 1. The highest BCUT2D eigenvalue weighted by molar-refractivity contribution is 5.26. The van der Waals surface area contributed by atoms with Crippen LogP contribution in [0.3, 0.4) is 0 Å². The second-order valence-electron chi connectivity index (χ2n) is 7.11. The summed E-state index contributed by atoms with van der Waals surface area (Å²) in [6, 6.07) is 7.04. The third-order valence-corrected chi connectivity index (χ3v) is 5.11. The minimum absolute atomic E-state index is 0.130. The fraction of sp³-hybridized carbons (Fsp3) is 0.526. The molecule has 0 radical (unpaired) electrons. The number of aryl methyl sites for hydroxylation is 1. The Morgan fingerprint density at radius 1 is 1.25 bits per heavy atom. The molecule has 0 amide bonds. The third kappa shape index (κ3) is 3.37. The van der Waals surface area contributed by atoms with E-state index in [0.717, 1.165) is 37.8 Å². The van der Waals surface area contributed by atoms with Gasteiger partial charge in [-0.3, -0.25) is 9.58 Å². The molecule has 0 spiro atoms. The lowest BCUT2D eigenvalue weighted by Crippen LogP contribution is -2.35. The van der Waals surface area contributed by atoms with Crippen LogP contribution < -0.4 is 0 Å². The average Bonchev–Trinajstić information content (AvgIpc) is 3.33. The van der Waals surface area contributed by atoms with Crippen LogP contribution >= 0.6 is 0 Å². The predicted molar refractivity (Wildman–Crippen MR) is 90.0 cm³/mol. The van der Waals surface area contributed by atoms with E-state index >= 15 is 0 Å². The Labute approximate surface area is 142 Å². The van der Waals surface area contributed by atoms with Gasteiger partial charge in [0.15, 0.2) is 0 Å². The first kappa shape index (κ1) is 15.8. The maximum atomic E-state index is 14.0. The van der Waals surface area contributed by atoms with Gasteiger partial charge in [-0.05, 0) is 24.8 Å². The highest BCUT2D eigenvalue weighted by Gasteiger charge is 2.29. The van der Waals surface area contributed by atoms with Gasteiger partial charge in [0.25, 0.3) is 0 Å². The Balaban J connectivity index is 1.48. The zero-order chi connectivity index (χ0) is 16.5. The summed E-state index contributed by atoms with van der Waals surface area (Å²) >= 11 is 0. The number of nitrogens with zero attached hydrogens (tertiary/aromatic N) is 3. The molecule has 0 N–H and O–H groups in total. The maximum Gasteiger partial charge on any atom is 0.127 e. The van der Waals surface area contributed by atoms with Gasteiger partial charge in [0, 0.05) is 50.3 Å². The molecular weight excluding hydrogens is 305 g/mol. The standard InChI is InChI=1S/C19H24FN3O/c1-22-19-11-23(9-15-4-2-3-5-18(15)20)10-16(17(19)8-21-22)13-24-12-14-6-7-14/h2-5,8,14,16H,6-7,9-13H2,1H3/t16-/m0/s1. The smallest absolute Gasteiger partial charge is 0.127 e. The van der Waals surface area contributed by atoms with Crippen LogP contribution in [0, 0.1) is 11.7 Å². The summed E-state index contributed by atoms with van der Waals surface area (Å²) in [4.78, 5) is 2.30. The molecule has 0 unspecified atom stereocenters. The van der Waals surface area contributed by atoms with Gasteiger partial charge in [-0.1, -0.05) is 18.2 Å². The van der Waals surface area contributed by atoms with E-state index in [2.05, 4.69) is 10.00 Å². The van der Waals surface area contributed by atoms with Crippen LogP contribution in [-0.2, 0) is 24.9 Å².